The van der Waals surface area contributed by atoms with E-state index in [1.54, 1.807) is 11.9 Å². The van der Waals surface area contributed by atoms with Crippen molar-refractivity contribution in [3.8, 4) is 0 Å². The first-order chi connectivity index (χ1) is 9.65. The second-order valence-corrected chi connectivity index (χ2v) is 5.46. The molecule has 1 aliphatic carbocycles. The van der Waals surface area contributed by atoms with Crippen molar-refractivity contribution in [2.24, 2.45) is 0 Å². The summed E-state index contributed by atoms with van der Waals surface area (Å²) in [7, 11) is 1.73. The Balaban J connectivity index is 1.77. The summed E-state index contributed by atoms with van der Waals surface area (Å²) < 4.78 is 0. The standard InChI is InChI=1S/C16H22N2O2/c1-18(12-13-7-3-2-4-8-13)16(20)11-15(19)17-14-9-5-6-10-14/h2-4,7-8,14H,5-6,9-12H2,1H3,(H,17,19). The molecule has 1 N–H and O–H groups in total. The zero-order valence-electron chi connectivity index (χ0n) is 12.0. The number of rotatable bonds is 5. The van der Waals surface area contributed by atoms with Crippen molar-refractivity contribution >= 4 is 11.8 Å². The number of benzene rings is 1. The Kier molecular flexibility index (Phi) is 5.16. The Morgan fingerprint density at radius 1 is 1.20 bits per heavy atom. The molecule has 0 atom stereocenters. The van der Waals surface area contributed by atoms with Crippen LogP contribution in [0, 0.1) is 0 Å². The fourth-order valence-corrected chi connectivity index (χ4v) is 2.57. The summed E-state index contributed by atoms with van der Waals surface area (Å²) in [6, 6.07) is 10.1. The fourth-order valence-electron chi connectivity index (χ4n) is 2.57. The van der Waals surface area contributed by atoms with Gasteiger partial charge in [0.15, 0.2) is 0 Å². The molecule has 20 heavy (non-hydrogen) atoms. The first-order valence-corrected chi connectivity index (χ1v) is 7.22. The molecule has 0 unspecified atom stereocenters. The molecule has 0 radical (unpaired) electrons. The van der Waals surface area contributed by atoms with Crippen LogP contribution < -0.4 is 5.32 Å². The number of hydrogen-bond donors (Lipinski definition) is 1. The van der Waals surface area contributed by atoms with E-state index in [9.17, 15) is 9.59 Å². The monoisotopic (exact) mass is 274 g/mol. The van der Waals surface area contributed by atoms with Crippen LogP contribution in [0.4, 0.5) is 0 Å². The first kappa shape index (κ1) is 14.6. The molecule has 1 aromatic carbocycles. The van der Waals surface area contributed by atoms with Crippen LogP contribution in [0.3, 0.4) is 0 Å². The summed E-state index contributed by atoms with van der Waals surface area (Å²) in [5.41, 5.74) is 1.07. The lowest BCUT2D eigenvalue weighted by atomic mass is 10.2. The molecule has 2 amide bonds. The highest BCUT2D eigenvalue weighted by Crippen LogP contribution is 2.17. The Morgan fingerprint density at radius 3 is 2.50 bits per heavy atom. The zero-order chi connectivity index (χ0) is 14.4. The second kappa shape index (κ2) is 7.08. The number of nitrogens with zero attached hydrogens (tertiary/aromatic N) is 1. The number of carbonyl (C=O) groups is 2. The molecule has 108 valence electrons. The van der Waals surface area contributed by atoms with Gasteiger partial charge in [0.25, 0.3) is 0 Å². The summed E-state index contributed by atoms with van der Waals surface area (Å²) in [5.74, 6) is -0.286. The summed E-state index contributed by atoms with van der Waals surface area (Å²) in [4.78, 5) is 25.4. The highest BCUT2D eigenvalue weighted by Gasteiger charge is 2.20. The SMILES string of the molecule is CN(Cc1ccccc1)C(=O)CC(=O)NC1CCCC1. The molecular formula is C16H22N2O2. The first-order valence-electron chi connectivity index (χ1n) is 7.22. The van der Waals surface area contributed by atoms with Crippen LogP contribution in [0.25, 0.3) is 0 Å². The smallest absolute Gasteiger partial charge is 0.232 e. The third-order valence-electron chi connectivity index (χ3n) is 3.72. The van der Waals surface area contributed by atoms with Crippen LogP contribution in [-0.4, -0.2) is 29.8 Å². The van der Waals surface area contributed by atoms with Crippen molar-refractivity contribution in [2.75, 3.05) is 7.05 Å². The predicted molar refractivity (Wildman–Crippen MR) is 77.9 cm³/mol. The van der Waals surface area contributed by atoms with Gasteiger partial charge in [0.1, 0.15) is 6.42 Å². The van der Waals surface area contributed by atoms with E-state index in [0.717, 1.165) is 18.4 Å². The van der Waals surface area contributed by atoms with Gasteiger partial charge in [0.2, 0.25) is 11.8 Å². The number of amides is 2. The van der Waals surface area contributed by atoms with Gasteiger partial charge in [0, 0.05) is 19.6 Å². The lowest BCUT2D eigenvalue weighted by molar-refractivity contribution is -0.135. The number of carbonyl (C=O) groups excluding carboxylic acids is 2. The normalized spacial score (nSPS) is 15.1. The van der Waals surface area contributed by atoms with E-state index < -0.39 is 0 Å². The summed E-state index contributed by atoms with van der Waals surface area (Å²) in [6.45, 7) is 0.538. The molecule has 2 rings (SSSR count). The minimum Gasteiger partial charge on any atom is -0.353 e. The highest BCUT2D eigenvalue weighted by atomic mass is 16.2. The third-order valence-corrected chi connectivity index (χ3v) is 3.72. The Labute approximate surface area is 120 Å². The molecule has 1 saturated carbocycles. The van der Waals surface area contributed by atoms with Gasteiger partial charge in [-0.25, -0.2) is 0 Å². The lowest BCUT2D eigenvalue weighted by Crippen LogP contribution is -2.37. The predicted octanol–water partition coefficient (Wildman–Crippen LogP) is 2.09. The molecule has 4 nitrogen and oxygen atoms in total. The molecule has 0 spiro atoms. The van der Waals surface area contributed by atoms with Crippen molar-refractivity contribution in [1.82, 2.24) is 10.2 Å². The summed E-state index contributed by atoms with van der Waals surface area (Å²) >= 11 is 0. The van der Waals surface area contributed by atoms with Crippen molar-refractivity contribution in [1.29, 1.82) is 0 Å². The highest BCUT2D eigenvalue weighted by molar-refractivity contribution is 5.96. The molecule has 0 aliphatic heterocycles. The maximum atomic E-state index is 12.0. The topological polar surface area (TPSA) is 49.4 Å². The molecule has 1 fully saturated rings. The maximum Gasteiger partial charge on any atom is 0.232 e. The van der Waals surface area contributed by atoms with Crippen LogP contribution in [0.5, 0.6) is 0 Å². The van der Waals surface area contributed by atoms with Crippen molar-refractivity contribution in [2.45, 2.75) is 44.7 Å². The largest absolute Gasteiger partial charge is 0.353 e. The summed E-state index contributed by atoms with van der Waals surface area (Å²) in [6.07, 6.45) is 4.37. The van der Waals surface area contributed by atoms with E-state index in [0.29, 0.717) is 6.54 Å². The Bertz CT molecular complexity index is 453. The molecule has 0 aromatic heterocycles. The second-order valence-electron chi connectivity index (χ2n) is 5.46. The van der Waals surface area contributed by atoms with E-state index in [2.05, 4.69) is 5.32 Å². The minimum absolute atomic E-state index is 0.0557. The lowest BCUT2D eigenvalue weighted by Gasteiger charge is -2.18. The van der Waals surface area contributed by atoms with Crippen molar-refractivity contribution in [3.05, 3.63) is 35.9 Å². The quantitative estimate of drug-likeness (QED) is 0.836. The number of hydrogen-bond acceptors (Lipinski definition) is 2. The molecule has 0 heterocycles. The van der Waals surface area contributed by atoms with Crippen LogP contribution in [0.2, 0.25) is 0 Å². The van der Waals surface area contributed by atoms with Gasteiger partial charge in [-0.3, -0.25) is 9.59 Å². The van der Waals surface area contributed by atoms with Gasteiger partial charge in [-0.05, 0) is 18.4 Å². The van der Waals surface area contributed by atoms with E-state index in [1.165, 1.54) is 12.8 Å². The van der Waals surface area contributed by atoms with Crippen molar-refractivity contribution in [3.63, 3.8) is 0 Å². The van der Waals surface area contributed by atoms with E-state index >= 15 is 0 Å². The maximum absolute atomic E-state index is 12.0. The zero-order valence-corrected chi connectivity index (χ0v) is 12.0. The Morgan fingerprint density at radius 2 is 1.85 bits per heavy atom. The van der Waals surface area contributed by atoms with Gasteiger partial charge < -0.3 is 10.2 Å². The molecule has 1 aliphatic rings. The van der Waals surface area contributed by atoms with Crippen molar-refractivity contribution < 1.29 is 9.59 Å². The van der Waals surface area contributed by atoms with Gasteiger partial charge >= 0.3 is 0 Å². The molecule has 0 bridgehead atoms. The average molecular weight is 274 g/mol. The van der Waals surface area contributed by atoms with E-state index in [4.69, 9.17) is 0 Å². The Hall–Kier alpha value is -1.84. The molecule has 0 saturated heterocycles. The molecule has 4 heteroatoms. The van der Waals surface area contributed by atoms with E-state index in [1.807, 2.05) is 30.3 Å². The van der Waals surface area contributed by atoms with E-state index in [-0.39, 0.29) is 24.3 Å². The molecule has 1 aromatic rings. The van der Waals surface area contributed by atoms with Crippen LogP contribution in [0.15, 0.2) is 30.3 Å². The van der Waals surface area contributed by atoms with Crippen LogP contribution in [0.1, 0.15) is 37.7 Å². The van der Waals surface area contributed by atoms with Gasteiger partial charge in [-0.2, -0.15) is 0 Å². The van der Waals surface area contributed by atoms with Gasteiger partial charge in [-0.1, -0.05) is 43.2 Å². The van der Waals surface area contributed by atoms with Gasteiger partial charge in [-0.15, -0.1) is 0 Å². The molecular weight excluding hydrogens is 252 g/mol. The third kappa shape index (κ3) is 4.37. The number of nitrogens with one attached hydrogen (secondary N) is 1. The minimum atomic E-state index is -0.151. The summed E-state index contributed by atoms with van der Waals surface area (Å²) in [5, 5.41) is 2.94. The van der Waals surface area contributed by atoms with Crippen LogP contribution >= 0.6 is 0 Å². The fraction of sp³-hybridized carbons (Fsp3) is 0.500. The van der Waals surface area contributed by atoms with Crippen LogP contribution in [-0.2, 0) is 16.1 Å². The van der Waals surface area contributed by atoms with Gasteiger partial charge in [0.05, 0.1) is 0 Å². The average Bonchev–Trinajstić information content (AvgIpc) is 2.92.